The number of aldehydes is 1. The maximum Gasteiger partial charge on any atom is 0.168 e. The van der Waals surface area contributed by atoms with E-state index in [-0.39, 0.29) is 11.0 Å². The normalized spacial score (nSPS) is 28.1. The van der Waals surface area contributed by atoms with Gasteiger partial charge in [0.15, 0.2) is 5.78 Å². The molecule has 0 fully saturated rings. The molecule has 0 spiro atoms. The largest absolute Gasteiger partial charge is 0.302 e. The summed E-state index contributed by atoms with van der Waals surface area (Å²) in [6.45, 7) is 1.86. The highest BCUT2D eigenvalue weighted by atomic mass is 32.2. The molecule has 0 heterocycles. The predicted octanol–water partition coefficient (Wildman–Crippen LogP) is 2.88. The van der Waals surface area contributed by atoms with Crippen molar-refractivity contribution >= 4 is 23.8 Å². The summed E-state index contributed by atoms with van der Waals surface area (Å²) in [6.07, 6.45) is 4.75. The van der Waals surface area contributed by atoms with Crippen LogP contribution in [0.2, 0.25) is 0 Å². The Kier molecular flexibility index (Phi) is 3.48. The Labute approximate surface area is 105 Å². The molecule has 0 bridgehead atoms. The summed E-state index contributed by atoms with van der Waals surface area (Å²) in [5, 5.41) is -0.155. The zero-order chi connectivity index (χ0) is 12.3. The van der Waals surface area contributed by atoms with Gasteiger partial charge in [-0.25, -0.2) is 0 Å². The number of hydrogen-bond donors (Lipinski definition) is 0. The van der Waals surface area contributed by atoms with Gasteiger partial charge < -0.3 is 4.79 Å². The van der Waals surface area contributed by atoms with E-state index in [9.17, 15) is 9.59 Å². The van der Waals surface area contributed by atoms with Crippen LogP contribution < -0.4 is 0 Å². The van der Waals surface area contributed by atoms with Crippen LogP contribution in [-0.4, -0.2) is 17.3 Å². The summed E-state index contributed by atoms with van der Waals surface area (Å²) >= 11 is 1.53. The van der Waals surface area contributed by atoms with Gasteiger partial charge in [-0.15, -0.1) is 11.8 Å². The third-order valence-corrected chi connectivity index (χ3v) is 4.09. The first-order chi connectivity index (χ1) is 8.13. The molecule has 2 unspecified atom stereocenters. The molecule has 2 rings (SSSR count). The minimum Gasteiger partial charge on any atom is -0.302 e. The van der Waals surface area contributed by atoms with Crippen molar-refractivity contribution in [2.24, 2.45) is 5.41 Å². The summed E-state index contributed by atoms with van der Waals surface area (Å²) in [5.41, 5.74) is -0.500. The Bertz CT molecular complexity index is 453. The number of ketones is 1. The molecule has 2 nitrogen and oxygen atoms in total. The van der Waals surface area contributed by atoms with E-state index in [0.717, 1.165) is 11.2 Å². The molecule has 1 aliphatic rings. The van der Waals surface area contributed by atoms with Crippen LogP contribution >= 0.6 is 11.8 Å². The standard InChI is InChI=1S/C14H14O2S/c1-14(10-15)8-7-12(16)13(9-14)17-11-5-3-2-4-6-11/h2-8,10,13H,9H2,1H3. The van der Waals surface area contributed by atoms with Crippen LogP contribution in [0, 0.1) is 5.41 Å². The van der Waals surface area contributed by atoms with Gasteiger partial charge in [-0.3, -0.25) is 4.79 Å². The molecule has 0 amide bonds. The van der Waals surface area contributed by atoms with E-state index in [1.807, 2.05) is 37.3 Å². The highest BCUT2D eigenvalue weighted by molar-refractivity contribution is 8.00. The molecule has 88 valence electrons. The van der Waals surface area contributed by atoms with Gasteiger partial charge in [-0.05, 0) is 31.6 Å². The molecular weight excluding hydrogens is 232 g/mol. The fourth-order valence-electron chi connectivity index (χ4n) is 1.80. The van der Waals surface area contributed by atoms with E-state index in [0.29, 0.717) is 6.42 Å². The summed E-state index contributed by atoms with van der Waals surface area (Å²) in [5.74, 6) is 0.0955. The van der Waals surface area contributed by atoms with Gasteiger partial charge >= 0.3 is 0 Å². The summed E-state index contributed by atoms with van der Waals surface area (Å²) in [6, 6.07) is 9.81. The van der Waals surface area contributed by atoms with E-state index in [1.54, 1.807) is 12.2 Å². The Morgan fingerprint density at radius 2 is 2.06 bits per heavy atom. The smallest absolute Gasteiger partial charge is 0.168 e. The predicted molar refractivity (Wildman–Crippen MR) is 69.0 cm³/mol. The second kappa shape index (κ2) is 4.88. The second-order valence-corrected chi connectivity index (χ2v) is 5.76. The van der Waals surface area contributed by atoms with Crippen LogP contribution in [0.4, 0.5) is 0 Å². The second-order valence-electron chi connectivity index (χ2n) is 4.48. The Hall–Kier alpha value is -1.35. The lowest BCUT2D eigenvalue weighted by molar-refractivity contribution is -0.117. The first-order valence-electron chi connectivity index (χ1n) is 5.54. The lowest BCUT2D eigenvalue weighted by atomic mass is 9.82. The molecule has 0 radical (unpaired) electrons. The number of benzene rings is 1. The van der Waals surface area contributed by atoms with Crippen molar-refractivity contribution in [3.63, 3.8) is 0 Å². The van der Waals surface area contributed by atoms with E-state index >= 15 is 0 Å². The Morgan fingerprint density at radius 3 is 2.71 bits per heavy atom. The van der Waals surface area contributed by atoms with Crippen LogP contribution in [0.1, 0.15) is 13.3 Å². The molecule has 3 heteroatoms. The van der Waals surface area contributed by atoms with Gasteiger partial charge in [0.05, 0.1) is 5.25 Å². The lowest BCUT2D eigenvalue weighted by Gasteiger charge is -2.27. The van der Waals surface area contributed by atoms with Crippen molar-refractivity contribution in [2.45, 2.75) is 23.5 Å². The molecule has 0 aromatic heterocycles. The van der Waals surface area contributed by atoms with Crippen LogP contribution in [0.15, 0.2) is 47.4 Å². The first kappa shape index (κ1) is 12.1. The molecule has 2 atom stereocenters. The number of hydrogen-bond acceptors (Lipinski definition) is 3. The fourth-order valence-corrected chi connectivity index (χ4v) is 3.08. The highest BCUT2D eigenvalue weighted by Crippen LogP contribution is 2.36. The highest BCUT2D eigenvalue weighted by Gasteiger charge is 2.33. The van der Waals surface area contributed by atoms with Crippen molar-refractivity contribution < 1.29 is 9.59 Å². The molecule has 0 saturated carbocycles. The topological polar surface area (TPSA) is 34.1 Å². The van der Waals surface area contributed by atoms with Crippen molar-refractivity contribution in [2.75, 3.05) is 0 Å². The SMILES string of the molecule is CC1(C=O)C=CC(=O)C(Sc2ccccc2)C1. The molecule has 1 aliphatic carbocycles. The van der Waals surface area contributed by atoms with Gasteiger partial charge in [-0.2, -0.15) is 0 Å². The summed E-state index contributed by atoms with van der Waals surface area (Å²) < 4.78 is 0. The van der Waals surface area contributed by atoms with E-state index in [2.05, 4.69) is 0 Å². The molecule has 0 aliphatic heterocycles. The van der Waals surface area contributed by atoms with Crippen molar-refractivity contribution in [3.8, 4) is 0 Å². The fraction of sp³-hybridized carbons (Fsp3) is 0.286. The Balaban J connectivity index is 2.14. The van der Waals surface area contributed by atoms with E-state index in [1.165, 1.54) is 11.8 Å². The lowest BCUT2D eigenvalue weighted by Crippen LogP contribution is -2.30. The number of carbonyl (C=O) groups is 2. The van der Waals surface area contributed by atoms with Crippen LogP contribution in [0.5, 0.6) is 0 Å². The van der Waals surface area contributed by atoms with Crippen molar-refractivity contribution in [3.05, 3.63) is 42.5 Å². The summed E-state index contributed by atoms with van der Waals surface area (Å²) in [7, 11) is 0. The number of carbonyl (C=O) groups excluding carboxylic acids is 2. The monoisotopic (exact) mass is 246 g/mol. The summed E-state index contributed by atoms with van der Waals surface area (Å²) in [4.78, 5) is 23.9. The van der Waals surface area contributed by atoms with Crippen LogP contribution in [0.3, 0.4) is 0 Å². The van der Waals surface area contributed by atoms with Crippen molar-refractivity contribution in [1.29, 1.82) is 0 Å². The maximum absolute atomic E-state index is 11.8. The van der Waals surface area contributed by atoms with Gasteiger partial charge in [0.1, 0.15) is 6.29 Å². The average Bonchev–Trinajstić information content (AvgIpc) is 2.35. The molecule has 1 aromatic rings. The van der Waals surface area contributed by atoms with E-state index < -0.39 is 5.41 Å². The number of allylic oxidation sites excluding steroid dienone is 2. The molecule has 17 heavy (non-hydrogen) atoms. The molecule has 1 aromatic carbocycles. The molecular formula is C14H14O2S. The minimum atomic E-state index is -0.500. The van der Waals surface area contributed by atoms with Crippen molar-refractivity contribution in [1.82, 2.24) is 0 Å². The number of thioether (sulfide) groups is 1. The number of rotatable bonds is 3. The average molecular weight is 246 g/mol. The molecule has 0 saturated heterocycles. The van der Waals surface area contributed by atoms with Crippen LogP contribution in [0.25, 0.3) is 0 Å². The third-order valence-electron chi connectivity index (χ3n) is 2.86. The van der Waals surface area contributed by atoms with Gasteiger partial charge in [0, 0.05) is 10.3 Å². The quantitative estimate of drug-likeness (QED) is 0.769. The zero-order valence-corrected chi connectivity index (χ0v) is 10.4. The van der Waals surface area contributed by atoms with E-state index in [4.69, 9.17) is 0 Å². The van der Waals surface area contributed by atoms with Crippen LogP contribution in [-0.2, 0) is 9.59 Å². The van der Waals surface area contributed by atoms with Gasteiger partial charge in [-0.1, -0.05) is 24.3 Å². The third kappa shape index (κ3) is 2.86. The van der Waals surface area contributed by atoms with Gasteiger partial charge in [0.25, 0.3) is 0 Å². The minimum absolute atomic E-state index is 0.0955. The van der Waals surface area contributed by atoms with Gasteiger partial charge in [0.2, 0.25) is 0 Å². The Morgan fingerprint density at radius 1 is 1.35 bits per heavy atom. The maximum atomic E-state index is 11.8. The zero-order valence-electron chi connectivity index (χ0n) is 9.63. The molecule has 0 N–H and O–H groups in total. The first-order valence-corrected chi connectivity index (χ1v) is 6.42.